The van der Waals surface area contributed by atoms with Crippen molar-refractivity contribution in [3.8, 4) is 17.1 Å². The molecule has 2 aliphatic rings. The normalized spacial score (nSPS) is 14.6. The largest absolute Gasteiger partial charge is 0.508 e. The topological polar surface area (TPSA) is 301 Å². The number of aliphatic carboxylic acids is 2. The number of unbranched alkanes of at least 4 members (excludes halogenated alkanes) is 13. The molecule has 0 spiro atoms. The average Bonchev–Trinajstić information content (AvgIpc) is 3.17. The van der Waals surface area contributed by atoms with Gasteiger partial charge in [-0.3, -0.25) is 28.8 Å². The number of hydrogen-bond donors (Lipinski definition) is 7. The van der Waals surface area contributed by atoms with Gasteiger partial charge in [-0.05, 0) is 68.4 Å². The van der Waals surface area contributed by atoms with Gasteiger partial charge in [-0.2, -0.15) is 0 Å². The lowest BCUT2D eigenvalue weighted by molar-refractivity contribution is -0.173. The standard InChI is InChI=1S/C60H88N6O16/c1-4-44-45-34-43(67)23-25-49(45)65-57-46(44)37-66-51(57)35-48-47(58(66)74)38-81-41-60(48,5-2)82-56(73)36-63-54(70)40-80-33-31-78-29-27-62-53(69)39-79-32-30-77-28-26-61-42(3)22-24-50(59(75)76)64-52(68)20-18-16-14-12-10-8-6-7-9-11-13-15-17-19-21-55(71)72/h23,25,34-35,50,61,67H,3-22,24,26-33,36-41H2,1-2H3,(H,62,69)(H,63,70)(H,64,68)(H,71,72)(H,75,76)/t50?,60-/m1/s1. The first-order valence-corrected chi connectivity index (χ1v) is 29.4. The number of hydrogen-bond acceptors (Lipinski definition) is 16. The smallest absolute Gasteiger partial charge is 0.326 e. The van der Waals surface area contributed by atoms with Crippen molar-refractivity contribution in [3.05, 3.63) is 69.1 Å². The molecule has 82 heavy (non-hydrogen) atoms. The number of phenols is 1. The van der Waals surface area contributed by atoms with Gasteiger partial charge in [-0.25, -0.2) is 9.78 Å². The number of rotatable bonds is 44. The van der Waals surface area contributed by atoms with Crippen LogP contribution in [0.5, 0.6) is 5.75 Å². The van der Waals surface area contributed by atoms with E-state index in [0.29, 0.717) is 79.1 Å². The Morgan fingerprint density at radius 2 is 1.30 bits per heavy atom. The molecule has 2 aliphatic heterocycles. The minimum absolute atomic E-state index is 0.0214. The first-order chi connectivity index (χ1) is 39.7. The molecule has 0 saturated carbocycles. The van der Waals surface area contributed by atoms with Gasteiger partial charge < -0.3 is 69.6 Å². The highest BCUT2D eigenvalue weighted by atomic mass is 16.6. The minimum Gasteiger partial charge on any atom is -0.508 e. The fourth-order valence-electron chi connectivity index (χ4n) is 10.2. The second-order valence-electron chi connectivity index (χ2n) is 20.9. The molecule has 454 valence electrons. The second kappa shape index (κ2) is 36.2. The molecule has 7 N–H and O–H groups in total. The monoisotopic (exact) mass is 1150 g/mol. The van der Waals surface area contributed by atoms with Crippen LogP contribution in [0.3, 0.4) is 0 Å². The van der Waals surface area contributed by atoms with Crippen molar-refractivity contribution in [3.63, 3.8) is 0 Å². The molecule has 4 heterocycles. The summed E-state index contributed by atoms with van der Waals surface area (Å²) in [5.41, 5.74) is 3.92. The lowest BCUT2D eigenvalue weighted by Gasteiger charge is -2.37. The quantitative estimate of drug-likeness (QED) is 0.0185. The molecule has 0 aliphatic carbocycles. The van der Waals surface area contributed by atoms with Crippen LogP contribution in [0.15, 0.2) is 41.3 Å². The van der Waals surface area contributed by atoms with Crippen LogP contribution in [0.4, 0.5) is 0 Å². The molecule has 3 aromatic rings. The van der Waals surface area contributed by atoms with Crippen LogP contribution in [0.25, 0.3) is 22.3 Å². The van der Waals surface area contributed by atoms with E-state index < -0.39 is 42.0 Å². The molecular formula is C60H88N6O16. The van der Waals surface area contributed by atoms with Gasteiger partial charge in [-0.1, -0.05) is 97.5 Å². The number of carbonyl (C=O) groups is 6. The summed E-state index contributed by atoms with van der Waals surface area (Å²) in [6, 6.07) is 5.89. The van der Waals surface area contributed by atoms with E-state index in [1.54, 1.807) is 22.8 Å². The van der Waals surface area contributed by atoms with Crippen LogP contribution >= 0.6 is 0 Å². The summed E-state index contributed by atoms with van der Waals surface area (Å²) in [4.78, 5) is 91.6. The summed E-state index contributed by atoms with van der Waals surface area (Å²) >= 11 is 0. The van der Waals surface area contributed by atoms with Crippen molar-refractivity contribution in [2.45, 2.75) is 167 Å². The number of benzene rings is 1. The fourth-order valence-corrected chi connectivity index (χ4v) is 10.2. The van der Waals surface area contributed by atoms with Crippen LogP contribution < -0.4 is 26.8 Å². The van der Waals surface area contributed by atoms with E-state index in [9.17, 15) is 43.8 Å². The summed E-state index contributed by atoms with van der Waals surface area (Å²) in [5, 5.41) is 40.3. The molecule has 2 atom stereocenters. The SMILES string of the molecule is C=C(CCC(NC(=O)CCCCCCCCCCCCCCCCC(=O)O)C(=O)O)NCCOCCOCC(=O)NCCOCCOCC(=O)NCC(=O)O[C@]1(CC)COCc2c1cc1n(c2=O)Cc2c-1nc1ccc(O)cc1c2CC. The van der Waals surface area contributed by atoms with Gasteiger partial charge in [0.05, 0.1) is 81.9 Å². The molecule has 22 nitrogen and oxygen atoms in total. The summed E-state index contributed by atoms with van der Waals surface area (Å²) in [7, 11) is 0. The number of allylic oxidation sites excluding steroid dienone is 1. The summed E-state index contributed by atoms with van der Waals surface area (Å²) < 4.78 is 35.3. The number of carboxylic acids is 2. The number of aromatic nitrogens is 2. The Kier molecular flexibility index (Phi) is 29.3. The summed E-state index contributed by atoms with van der Waals surface area (Å²) in [5.74, 6) is -3.53. The van der Waals surface area contributed by atoms with E-state index in [1.807, 2.05) is 19.9 Å². The third-order valence-corrected chi connectivity index (χ3v) is 14.7. The van der Waals surface area contributed by atoms with E-state index in [2.05, 4.69) is 27.8 Å². The number of ether oxygens (including phenoxy) is 6. The number of carbonyl (C=O) groups excluding carboxylic acids is 4. The first-order valence-electron chi connectivity index (χ1n) is 29.4. The Hall–Kier alpha value is -6.46. The Balaban J connectivity index is 0.818. The van der Waals surface area contributed by atoms with Gasteiger partial charge in [0.1, 0.15) is 31.5 Å². The van der Waals surface area contributed by atoms with Crippen LogP contribution in [0.1, 0.15) is 158 Å². The minimum atomic E-state index is -1.28. The van der Waals surface area contributed by atoms with Crippen molar-refractivity contribution in [1.29, 1.82) is 0 Å². The number of esters is 1. The molecule has 0 saturated heterocycles. The van der Waals surface area contributed by atoms with E-state index in [4.69, 9.17) is 38.5 Å². The Morgan fingerprint density at radius 3 is 1.90 bits per heavy atom. The summed E-state index contributed by atoms with van der Waals surface area (Å²) in [6.45, 7) is 9.10. The predicted octanol–water partition coefficient (Wildman–Crippen LogP) is 6.45. The lowest BCUT2D eigenvalue weighted by atomic mass is 9.86. The number of nitrogens with one attached hydrogen (secondary N) is 4. The van der Waals surface area contributed by atoms with Crippen molar-refractivity contribution in [2.75, 3.05) is 79.1 Å². The molecule has 1 aromatic carbocycles. The lowest BCUT2D eigenvalue weighted by Crippen LogP contribution is -2.45. The maximum absolute atomic E-state index is 14.0. The zero-order valence-corrected chi connectivity index (χ0v) is 48.2. The van der Waals surface area contributed by atoms with Gasteiger partial charge in [0, 0.05) is 48.1 Å². The third-order valence-electron chi connectivity index (χ3n) is 14.7. The van der Waals surface area contributed by atoms with Gasteiger partial charge in [-0.15, -0.1) is 0 Å². The molecule has 3 amide bonds. The average molecular weight is 1150 g/mol. The number of aryl methyl sites for hydroxylation is 1. The van der Waals surface area contributed by atoms with Crippen LogP contribution in [0, 0.1) is 0 Å². The molecule has 5 rings (SSSR count). The molecule has 0 bridgehead atoms. The third kappa shape index (κ3) is 22.0. The summed E-state index contributed by atoms with van der Waals surface area (Å²) in [6.07, 6.45) is 17.3. The van der Waals surface area contributed by atoms with Gasteiger partial charge >= 0.3 is 17.9 Å². The van der Waals surface area contributed by atoms with Crippen molar-refractivity contribution < 1.29 is 72.5 Å². The van der Waals surface area contributed by atoms with E-state index in [1.165, 1.54) is 44.9 Å². The van der Waals surface area contributed by atoms with Crippen LogP contribution in [-0.4, -0.2) is 146 Å². The van der Waals surface area contributed by atoms with Gasteiger partial charge in [0.15, 0.2) is 5.60 Å². The number of phenolic OH excluding ortho intramolecular Hbond substituents is 1. The Labute approximate surface area is 480 Å². The Morgan fingerprint density at radius 1 is 0.720 bits per heavy atom. The number of amides is 3. The Bertz CT molecular complexity index is 2640. The maximum Gasteiger partial charge on any atom is 0.326 e. The highest BCUT2D eigenvalue weighted by Gasteiger charge is 2.43. The molecule has 22 heteroatoms. The van der Waals surface area contributed by atoms with Crippen molar-refractivity contribution in [2.24, 2.45) is 0 Å². The number of nitrogens with zero attached hydrogens (tertiary/aromatic N) is 2. The van der Waals surface area contributed by atoms with Gasteiger partial charge in [0.25, 0.3) is 5.56 Å². The second-order valence-corrected chi connectivity index (χ2v) is 20.9. The predicted molar refractivity (Wildman–Crippen MR) is 306 cm³/mol. The zero-order chi connectivity index (χ0) is 59.1. The van der Waals surface area contributed by atoms with Crippen molar-refractivity contribution >= 4 is 46.5 Å². The number of aromatic hydroxyl groups is 1. The first kappa shape index (κ1) is 66.3. The maximum atomic E-state index is 14.0. The van der Waals surface area contributed by atoms with Gasteiger partial charge in [0.2, 0.25) is 17.7 Å². The van der Waals surface area contributed by atoms with Crippen LogP contribution in [-0.2, 0) is 82.4 Å². The molecule has 0 fully saturated rings. The molecular weight excluding hydrogens is 1060 g/mol. The van der Waals surface area contributed by atoms with Crippen molar-refractivity contribution in [1.82, 2.24) is 30.8 Å². The number of carboxylic acid groups (broad SMARTS) is 2. The zero-order valence-electron chi connectivity index (χ0n) is 48.2. The highest BCUT2D eigenvalue weighted by Crippen LogP contribution is 2.42. The van der Waals surface area contributed by atoms with E-state index in [-0.39, 0.29) is 102 Å². The van der Waals surface area contributed by atoms with E-state index in [0.717, 1.165) is 61.5 Å². The van der Waals surface area contributed by atoms with E-state index >= 15 is 0 Å². The number of fused-ring (bicyclic) bond motifs is 5. The molecule has 2 aromatic heterocycles. The highest BCUT2D eigenvalue weighted by molar-refractivity contribution is 5.89. The molecule has 0 radical (unpaired) electrons. The van der Waals surface area contributed by atoms with Crippen LogP contribution in [0.2, 0.25) is 0 Å². The number of pyridine rings is 2. The molecule has 1 unspecified atom stereocenters. The fraction of sp³-hybridized carbons (Fsp3) is 0.633.